The predicted octanol–water partition coefficient (Wildman–Crippen LogP) is 2.12. The van der Waals surface area contributed by atoms with Crippen LogP contribution in [0.2, 0.25) is 0 Å². The highest BCUT2D eigenvalue weighted by Crippen LogP contribution is 2.24. The second-order valence-corrected chi connectivity index (χ2v) is 4.85. The Morgan fingerprint density at radius 1 is 1.36 bits per heavy atom. The third-order valence-corrected chi connectivity index (χ3v) is 3.20. The molecule has 118 valence electrons. The number of aromatic nitrogens is 2. The Labute approximate surface area is 129 Å². The number of nitrogens with zero attached hydrogens (tertiary/aromatic N) is 3. The molecular weight excluding hydrogens is 284 g/mol. The van der Waals surface area contributed by atoms with Crippen LogP contribution >= 0.6 is 0 Å². The summed E-state index contributed by atoms with van der Waals surface area (Å²) < 4.78 is 7.03. The Morgan fingerprint density at radius 3 is 2.73 bits per heavy atom. The lowest BCUT2D eigenvalue weighted by Gasteiger charge is -2.05. The first kappa shape index (κ1) is 16.1. The zero-order chi connectivity index (χ0) is 15.9. The fourth-order valence-electron chi connectivity index (χ4n) is 2.16. The van der Waals surface area contributed by atoms with Crippen LogP contribution in [0.25, 0.3) is 11.3 Å². The van der Waals surface area contributed by atoms with E-state index >= 15 is 0 Å². The van der Waals surface area contributed by atoms with Gasteiger partial charge in [0.2, 0.25) is 0 Å². The van der Waals surface area contributed by atoms with E-state index in [-0.39, 0.29) is 5.69 Å². The van der Waals surface area contributed by atoms with E-state index in [4.69, 9.17) is 4.74 Å². The normalized spacial score (nSPS) is 10.8. The van der Waals surface area contributed by atoms with Gasteiger partial charge < -0.3 is 10.1 Å². The molecular formula is C15H20N4O3. The maximum absolute atomic E-state index is 10.7. The summed E-state index contributed by atoms with van der Waals surface area (Å²) >= 11 is 0. The minimum Gasteiger partial charge on any atom is -0.380 e. The molecule has 0 saturated carbocycles. The number of nitro groups is 1. The molecule has 2 rings (SSSR count). The molecule has 0 unspecified atom stereocenters. The van der Waals surface area contributed by atoms with Gasteiger partial charge in [-0.1, -0.05) is 0 Å². The Balaban J connectivity index is 2.08. The molecule has 0 saturated heterocycles. The highest BCUT2D eigenvalue weighted by molar-refractivity contribution is 5.64. The number of aryl methyl sites for hydroxylation is 1. The molecule has 7 heteroatoms. The summed E-state index contributed by atoms with van der Waals surface area (Å²) in [7, 11) is 1.86. The Bertz CT molecular complexity index is 622. The molecule has 0 fully saturated rings. The van der Waals surface area contributed by atoms with Gasteiger partial charge in [-0.3, -0.25) is 14.8 Å². The van der Waals surface area contributed by atoms with E-state index in [1.807, 2.05) is 20.2 Å². The molecule has 0 spiro atoms. The number of hydrogen-bond acceptors (Lipinski definition) is 5. The van der Waals surface area contributed by atoms with Crippen LogP contribution in [-0.2, 0) is 18.3 Å². The first-order valence-corrected chi connectivity index (χ1v) is 7.17. The van der Waals surface area contributed by atoms with Gasteiger partial charge in [0.1, 0.15) is 0 Å². The molecule has 7 nitrogen and oxygen atoms in total. The van der Waals surface area contributed by atoms with Gasteiger partial charge in [-0.05, 0) is 19.1 Å². The van der Waals surface area contributed by atoms with Gasteiger partial charge in [0.05, 0.1) is 17.2 Å². The molecule has 0 bridgehead atoms. The summed E-state index contributed by atoms with van der Waals surface area (Å²) in [5.41, 5.74) is 2.83. The fraction of sp³-hybridized carbons (Fsp3) is 0.400. The molecule has 0 aliphatic heterocycles. The maximum atomic E-state index is 10.7. The number of benzene rings is 1. The van der Waals surface area contributed by atoms with Gasteiger partial charge in [0, 0.05) is 56.2 Å². The van der Waals surface area contributed by atoms with Crippen molar-refractivity contribution in [1.29, 1.82) is 0 Å². The summed E-state index contributed by atoms with van der Waals surface area (Å²) in [5, 5.41) is 18.5. The largest absolute Gasteiger partial charge is 0.380 e. The molecule has 1 aromatic heterocycles. The zero-order valence-corrected chi connectivity index (χ0v) is 12.8. The van der Waals surface area contributed by atoms with Crippen molar-refractivity contribution < 1.29 is 9.66 Å². The molecule has 0 amide bonds. The fourth-order valence-corrected chi connectivity index (χ4v) is 2.16. The zero-order valence-electron chi connectivity index (χ0n) is 12.8. The molecule has 1 heterocycles. The van der Waals surface area contributed by atoms with Crippen LogP contribution in [-0.4, -0.2) is 34.5 Å². The lowest BCUT2D eigenvalue weighted by Crippen LogP contribution is -2.19. The van der Waals surface area contributed by atoms with Crippen molar-refractivity contribution in [3.05, 3.63) is 46.1 Å². The maximum Gasteiger partial charge on any atom is 0.269 e. The van der Waals surface area contributed by atoms with Crippen LogP contribution in [0.1, 0.15) is 12.5 Å². The summed E-state index contributed by atoms with van der Waals surface area (Å²) in [4.78, 5) is 10.3. The minimum atomic E-state index is -0.404. The average Bonchev–Trinajstić information content (AvgIpc) is 2.88. The second-order valence-electron chi connectivity index (χ2n) is 4.85. The van der Waals surface area contributed by atoms with Crippen molar-refractivity contribution in [1.82, 2.24) is 15.1 Å². The van der Waals surface area contributed by atoms with E-state index in [1.54, 1.807) is 16.8 Å². The number of nitro benzene ring substituents is 1. The van der Waals surface area contributed by atoms with Gasteiger partial charge in [-0.25, -0.2) is 0 Å². The van der Waals surface area contributed by atoms with Crippen LogP contribution < -0.4 is 5.32 Å². The van der Waals surface area contributed by atoms with Crippen LogP contribution in [0.15, 0.2) is 30.5 Å². The molecule has 2 aromatic rings. The van der Waals surface area contributed by atoms with Gasteiger partial charge in [0.15, 0.2) is 0 Å². The summed E-state index contributed by atoms with van der Waals surface area (Å²) in [6, 6.07) is 6.45. The second kappa shape index (κ2) is 7.67. The highest BCUT2D eigenvalue weighted by atomic mass is 16.6. The monoisotopic (exact) mass is 304 g/mol. The van der Waals surface area contributed by atoms with Crippen molar-refractivity contribution in [2.75, 3.05) is 19.8 Å². The van der Waals surface area contributed by atoms with Crippen LogP contribution in [0, 0.1) is 10.1 Å². The quantitative estimate of drug-likeness (QED) is 0.459. The van der Waals surface area contributed by atoms with Crippen molar-refractivity contribution in [2.24, 2.45) is 7.05 Å². The SMILES string of the molecule is CCOCCNCc1cn(C)nc1-c1ccc([N+](=O)[O-])cc1. The topological polar surface area (TPSA) is 82.2 Å². The third kappa shape index (κ3) is 4.12. The number of non-ortho nitro benzene ring substituents is 1. The van der Waals surface area contributed by atoms with E-state index in [0.717, 1.165) is 23.4 Å². The molecule has 0 radical (unpaired) electrons. The first-order valence-electron chi connectivity index (χ1n) is 7.17. The van der Waals surface area contributed by atoms with Gasteiger partial charge in [-0.2, -0.15) is 5.10 Å². The lowest BCUT2D eigenvalue weighted by molar-refractivity contribution is -0.384. The Hall–Kier alpha value is -2.25. The number of rotatable bonds is 8. The number of ether oxygens (including phenoxy) is 1. The summed E-state index contributed by atoms with van der Waals surface area (Å²) in [5.74, 6) is 0. The summed E-state index contributed by atoms with van der Waals surface area (Å²) in [6.07, 6.45) is 1.95. The van der Waals surface area contributed by atoms with Crippen LogP contribution in [0.5, 0.6) is 0 Å². The molecule has 0 aliphatic carbocycles. The standard InChI is InChI=1S/C15H20N4O3/c1-3-22-9-8-16-10-13-11-18(2)17-15(13)12-4-6-14(7-5-12)19(20)21/h4-7,11,16H,3,8-10H2,1-2H3. The molecule has 1 aromatic carbocycles. The van der Waals surface area contributed by atoms with Gasteiger partial charge >= 0.3 is 0 Å². The molecule has 1 N–H and O–H groups in total. The predicted molar refractivity (Wildman–Crippen MR) is 83.5 cm³/mol. The Kier molecular flexibility index (Phi) is 5.62. The van der Waals surface area contributed by atoms with Crippen molar-refractivity contribution in [2.45, 2.75) is 13.5 Å². The summed E-state index contributed by atoms with van der Waals surface area (Å²) in [6.45, 7) is 4.79. The van der Waals surface area contributed by atoms with E-state index < -0.39 is 4.92 Å². The molecule has 0 aliphatic rings. The van der Waals surface area contributed by atoms with Gasteiger partial charge in [-0.15, -0.1) is 0 Å². The average molecular weight is 304 g/mol. The number of hydrogen-bond donors (Lipinski definition) is 1. The lowest BCUT2D eigenvalue weighted by atomic mass is 10.1. The van der Waals surface area contributed by atoms with E-state index in [0.29, 0.717) is 19.8 Å². The van der Waals surface area contributed by atoms with E-state index in [9.17, 15) is 10.1 Å². The van der Waals surface area contributed by atoms with Crippen LogP contribution in [0.4, 0.5) is 5.69 Å². The van der Waals surface area contributed by atoms with Gasteiger partial charge in [0.25, 0.3) is 5.69 Å². The highest BCUT2D eigenvalue weighted by Gasteiger charge is 2.12. The smallest absolute Gasteiger partial charge is 0.269 e. The van der Waals surface area contributed by atoms with E-state index in [2.05, 4.69) is 10.4 Å². The third-order valence-electron chi connectivity index (χ3n) is 3.20. The minimum absolute atomic E-state index is 0.0797. The van der Waals surface area contributed by atoms with Crippen molar-refractivity contribution in [3.63, 3.8) is 0 Å². The molecule has 0 atom stereocenters. The van der Waals surface area contributed by atoms with Crippen LogP contribution in [0.3, 0.4) is 0 Å². The molecule has 22 heavy (non-hydrogen) atoms. The Morgan fingerprint density at radius 2 is 2.09 bits per heavy atom. The van der Waals surface area contributed by atoms with E-state index in [1.165, 1.54) is 12.1 Å². The van der Waals surface area contributed by atoms with Crippen molar-refractivity contribution in [3.8, 4) is 11.3 Å². The number of nitrogens with one attached hydrogen (secondary N) is 1. The first-order chi connectivity index (χ1) is 10.6. The van der Waals surface area contributed by atoms with Crippen molar-refractivity contribution >= 4 is 5.69 Å².